The van der Waals surface area contributed by atoms with E-state index in [-0.39, 0.29) is 10.7 Å². The zero-order valence-electron chi connectivity index (χ0n) is 11.7. The number of hydrogen-bond donors (Lipinski definition) is 1. The summed E-state index contributed by atoms with van der Waals surface area (Å²) in [6, 6.07) is 5.26. The van der Waals surface area contributed by atoms with Gasteiger partial charge in [-0.25, -0.2) is 13.4 Å². The molecule has 0 bridgehead atoms. The first kappa shape index (κ1) is 14.0. The number of benzene rings is 1. The Bertz CT molecular complexity index is 906. The predicted molar refractivity (Wildman–Crippen MR) is 81.1 cm³/mol. The van der Waals surface area contributed by atoms with Crippen molar-refractivity contribution in [1.29, 1.82) is 0 Å². The Morgan fingerprint density at radius 3 is 2.67 bits per heavy atom. The molecule has 0 amide bonds. The maximum absolute atomic E-state index is 12.4. The number of sulfonamides is 1. The van der Waals surface area contributed by atoms with Crippen LogP contribution in [0.1, 0.15) is 16.5 Å². The number of aromatic nitrogens is 2. The zero-order valence-corrected chi connectivity index (χ0v) is 13.3. The topological polar surface area (TPSA) is 85.1 Å². The molecule has 0 aliphatic rings. The molecule has 3 aromatic rings. The van der Waals surface area contributed by atoms with E-state index in [1.54, 1.807) is 32.0 Å². The second-order valence-electron chi connectivity index (χ2n) is 4.67. The van der Waals surface area contributed by atoms with E-state index in [9.17, 15) is 8.42 Å². The standard InChI is InChI=1S/C13H13N3O3S2/c1-7-13(8(2)19-15-7)21(17,18)16-10-4-5-11-12(6-10)20-9(3)14-11/h4-6,16H,1-3H3. The fourth-order valence-electron chi connectivity index (χ4n) is 2.17. The molecule has 1 N–H and O–H groups in total. The highest BCUT2D eigenvalue weighted by Gasteiger charge is 2.24. The molecule has 0 atom stereocenters. The highest BCUT2D eigenvalue weighted by Crippen LogP contribution is 2.27. The van der Waals surface area contributed by atoms with Crippen LogP contribution in [-0.2, 0) is 10.0 Å². The van der Waals surface area contributed by atoms with Gasteiger partial charge in [-0.05, 0) is 39.0 Å². The van der Waals surface area contributed by atoms with Gasteiger partial charge in [0.1, 0.15) is 5.69 Å². The van der Waals surface area contributed by atoms with Gasteiger partial charge in [-0.2, -0.15) is 0 Å². The van der Waals surface area contributed by atoms with Crippen LogP contribution in [-0.4, -0.2) is 18.6 Å². The van der Waals surface area contributed by atoms with Crippen molar-refractivity contribution in [3.63, 3.8) is 0 Å². The molecule has 0 aliphatic heterocycles. The monoisotopic (exact) mass is 323 g/mol. The van der Waals surface area contributed by atoms with Crippen molar-refractivity contribution in [3.8, 4) is 0 Å². The van der Waals surface area contributed by atoms with E-state index >= 15 is 0 Å². The van der Waals surface area contributed by atoms with E-state index in [1.807, 2.05) is 6.92 Å². The van der Waals surface area contributed by atoms with E-state index < -0.39 is 10.0 Å². The molecule has 21 heavy (non-hydrogen) atoms. The van der Waals surface area contributed by atoms with E-state index in [0.717, 1.165) is 15.2 Å². The number of anilines is 1. The van der Waals surface area contributed by atoms with Gasteiger partial charge >= 0.3 is 0 Å². The number of hydrogen-bond acceptors (Lipinski definition) is 6. The van der Waals surface area contributed by atoms with Gasteiger partial charge in [0.15, 0.2) is 10.7 Å². The van der Waals surface area contributed by atoms with Gasteiger partial charge < -0.3 is 4.52 Å². The maximum atomic E-state index is 12.4. The van der Waals surface area contributed by atoms with Crippen LogP contribution in [0.4, 0.5) is 5.69 Å². The van der Waals surface area contributed by atoms with Crippen LogP contribution in [0.2, 0.25) is 0 Å². The highest BCUT2D eigenvalue weighted by atomic mass is 32.2. The van der Waals surface area contributed by atoms with Crippen molar-refractivity contribution >= 4 is 37.3 Å². The molecule has 2 heterocycles. The number of rotatable bonds is 3. The molecule has 0 radical (unpaired) electrons. The predicted octanol–water partition coefficient (Wildman–Crippen LogP) is 3.01. The molecular formula is C13H13N3O3S2. The summed E-state index contributed by atoms with van der Waals surface area (Å²) in [5.41, 5.74) is 1.69. The minimum Gasteiger partial charge on any atom is -0.360 e. The van der Waals surface area contributed by atoms with Gasteiger partial charge in [0.25, 0.3) is 10.0 Å². The maximum Gasteiger partial charge on any atom is 0.267 e. The average molecular weight is 323 g/mol. The third-order valence-electron chi connectivity index (χ3n) is 2.98. The lowest BCUT2D eigenvalue weighted by Gasteiger charge is -2.07. The fourth-order valence-corrected chi connectivity index (χ4v) is 4.42. The van der Waals surface area contributed by atoms with E-state index in [0.29, 0.717) is 11.4 Å². The Hall–Kier alpha value is -1.93. The van der Waals surface area contributed by atoms with Crippen molar-refractivity contribution in [2.45, 2.75) is 25.7 Å². The van der Waals surface area contributed by atoms with E-state index in [1.165, 1.54) is 11.3 Å². The fraction of sp³-hybridized carbons (Fsp3) is 0.231. The smallest absolute Gasteiger partial charge is 0.267 e. The molecule has 2 aromatic heterocycles. The highest BCUT2D eigenvalue weighted by molar-refractivity contribution is 7.92. The molecule has 3 rings (SSSR count). The summed E-state index contributed by atoms with van der Waals surface area (Å²) in [5, 5.41) is 4.62. The molecule has 0 aliphatic carbocycles. The Morgan fingerprint density at radius 2 is 2.00 bits per heavy atom. The molecule has 0 spiro atoms. The Balaban J connectivity index is 2.01. The van der Waals surface area contributed by atoms with Crippen LogP contribution >= 0.6 is 11.3 Å². The van der Waals surface area contributed by atoms with Crippen LogP contribution in [0.25, 0.3) is 10.2 Å². The Morgan fingerprint density at radius 1 is 1.24 bits per heavy atom. The second-order valence-corrected chi connectivity index (χ2v) is 7.53. The second kappa shape index (κ2) is 4.81. The molecular weight excluding hydrogens is 310 g/mol. The van der Waals surface area contributed by atoms with Gasteiger partial charge in [0, 0.05) is 0 Å². The molecule has 110 valence electrons. The summed E-state index contributed by atoms with van der Waals surface area (Å²) in [4.78, 5) is 4.43. The summed E-state index contributed by atoms with van der Waals surface area (Å²) in [5.74, 6) is 0.273. The summed E-state index contributed by atoms with van der Waals surface area (Å²) >= 11 is 1.52. The number of nitrogens with zero attached hydrogens (tertiary/aromatic N) is 2. The van der Waals surface area contributed by atoms with Gasteiger partial charge in [-0.15, -0.1) is 11.3 Å². The minimum absolute atomic E-state index is 0.0862. The first-order valence-electron chi connectivity index (χ1n) is 6.20. The van der Waals surface area contributed by atoms with E-state index in [4.69, 9.17) is 4.52 Å². The van der Waals surface area contributed by atoms with Crippen molar-refractivity contribution in [1.82, 2.24) is 10.1 Å². The molecule has 8 heteroatoms. The van der Waals surface area contributed by atoms with Crippen molar-refractivity contribution in [2.75, 3.05) is 4.72 Å². The molecule has 1 aromatic carbocycles. The van der Waals surface area contributed by atoms with Crippen molar-refractivity contribution in [3.05, 3.63) is 34.7 Å². The normalized spacial score (nSPS) is 12.0. The summed E-state index contributed by atoms with van der Waals surface area (Å²) < 4.78 is 33.3. The third kappa shape index (κ3) is 2.52. The van der Waals surface area contributed by atoms with Crippen LogP contribution in [0, 0.1) is 20.8 Å². The van der Waals surface area contributed by atoms with Crippen LogP contribution in [0.15, 0.2) is 27.6 Å². The third-order valence-corrected chi connectivity index (χ3v) is 5.54. The number of fused-ring (bicyclic) bond motifs is 1. The van der Waals surface area contributed by atoms with Gasteiger partial charge in [-0.1, -0.05) is 5.16 Å². The number of thiazole rings is 1. The first-order valence-corrected chi connectivity index (χ1v) is 8.50. The quantitative estimate of drug-likeness (QED) is 0.801. The van der Waals surface area contributed by atoms with Gasteiger partial charge in [0.2, 0.25) is 0 Å². The number of nitrogens with one attached hydrogen (secondary N) is 1. The van der Waals surface area contributed by atoms with Gasteiger partial charge in [0.05, 0.1) is 20.9 Å². The SMILES string of the molecule is Cc1nc2ccc(NS(=O)(=O)c3c(C)noc3C)cc2s1. The first-order chi connectivity index (χ1) is 9.87. The van der Waals surface area contributed by atoms with Crippen molar-refractivity contribution < 1.29 is 12.9 Å². The molecule has 0 saturated heterocycles. The lowest BCUT2D eigenvalue weighted by Crippen LogP contribution is -2.14. The Kier molecular flexibility index (Phi) is 3.22. The van der Waals surface area contributed by atoms with Crippen LogP contribution in [0.3, 0.4) is 0 Å². The largest absolute Gasteiger partial charge is 0.360 e. The lowest BCUT2D eigenvalue weighted by atomic mass is 10.3. The Labute approximate surface area is 125 Å². The zero-order chi connectivity index (χ0) is 15.2. The molecule has 0 unspecified atom stereocenters. The lowest BCUT2D eigenvalue weighted by molar-refractivity contribution is 0.390. The van der Waals surface area contributed by atoms with E-state index in [2.05, 4.69) is 14.9 Å². The summed E-state index contributed by atoms with van der Waals surface area (Å²) in [7, 11) is -3.72. The molecule has 6 nitrogen and oxygen atoms in total. The minimum atomic E-state index is -3.72. The molecule has 0 saturated carbocycles. The summed E-state index contributed by atoms with van der Waals surface area (Å²) in [6.07, 6.45) is 0. The van der Waals surface area contributed by atoms with Gasteiger partial charge in [-0.3, -0.25) is 4.72 Å². The molecule has 0 fully saturated rings. The van der Waals surface area contributed by atoms with Crippen LogP contribution in [0.5, 0.6) is 0 Å². The van der Waals surface area contributed by atoms with Crippen molar-refractivity contribution in [2.24, 2.45) is 0 Å². The summed E-state index contributed by atoms with van der Waals surface area (Å²) in [6.45, 7) is 5.09. The number of aryl methyl sites for hydroxylation is 3. The average Bonchev–Trinajstić information content (AvgIpc) is 2.90. The van der Waals surface area contributed by atoms with Crippen LogP contribution < -0.4 is 4.72 Å².